The highest BCUT2D eigenvalue weighted by Crippen LogP contribution is 2.43. The van der Waals surface area contributed by atoms with Crippen LogP contribution in [0.2, 0.25) is 0 Å². The predicted octanol–water partition coefficient (Wildman–Crippen LogP) is 7.91. The van der Waals surface area contributed by atoms with Crippen molar-refractivity contribution in [3.8, 4) is 22.5 Å². The van der Waals surface area contributed by atoms with Gasteiger partial charge in [-0.15, -0.1) is 0 Å². The number of anilines is 2. The van der Waals surface area contributed by atoms with Gasteiger partial charge in [-0.1, -0.05) is 36.4 Å². The summed E-state index contributed by atoms with van der Waals surface area (Å²) in [5, 5.41) is 4.60. The van der Waals surface area contributed by atoms with E-state index >= 15 is 0 Å². The standard InChI is InChI=1S/C35H30N2O7S2/c1-20-8-7-9-21(2)34(20)36-24-12-14-27-30(18-24)44-31-19-25(37-35-22(3)16-26(17-23(35)4)45(38,39)40)13-15-28(31)33(27)29-10-5-6-11-32(29)46(41,42)43/h5-19,36H,1-4H3,(H,38,39,40)(H,41,42,43). The molecule has 2 aliphatic rings. The molecule has 1 aliphatic carbocycles. The lowest BCUT2D eigenvalue weighted by atomic mass is 9.93. The van der Waals surface area contributed by atoms with Gasteiger partial charge in [0.15, 0.2) is 0 Å². The molecular weight excluding hydrogens is 625 g/mol. The van der Waals surface area contributed by atoms with Crippen molar-refractivity contribution >= 4 is 48.3 Å². The van der Waals surface area contributed by atoms with E-state index in [0.717, 1.165) is 22.5 Å². The molecule has 0 radical (unpaired) electrons. The van der Waals surface area contributed by atoms with Crippen LogP contribution >= 0.6 is 0 Å². The van der Waals surface area contributed by atoms with Gasteiger partial charge in [-0.3, -0.25) is 9.11 Å². The van der Waals surface area contributed by atoms with E-state index in [9.17, 15) is 25.9 Å². The van der Waals surface area contributed by atoms with Crippen LogP contribution in [-0.4, -0.2) is 25.9 Å². The molecule has 0 unspecified atom stereocenters. The fourth-order valence-corrected chi connectivity index (χ4v) is 7.09. The highest BCUT2D eigenvalue weighted by molar-refractivity contribution is 7.86. The number of nitrogens with one attached hydrogen (secondary N) is 1. The summed E-state index contributed by atoms with van der Waals surface area (Å²) in [4.78, 5) is 4.31. The topological polar surface area (TPSA) is 146 Å². The zero-order valence-electron chi connectivity index (χ0n) is 25.4. The van der Waals surface area contributed by atoms with Crippen LogP contribution in [-0.2, 0) is 20.2 Å². The summed E-state index contributed by atoms with van der Waals surface area (Å²) >= 11 is 0. The largest absolute Gasteiger partial charge is 0.456 e. The molecule has 0 fully saturated rings. The summed E-state index contributed by atoms with van der Waals surface area (Å²) in [6.45, 7) is 7.44. The molecule has 0 aromatic heterocycles. The van der Waals surface area contributed by atoms with Gasteiger partial charge in [0.1, 0.15) is 16.2 Å². The lowest BCUT2D eigenvalue weighted by Gasteiger charge is -2.18. The number of fused-ring (bicyclic) bond motifs is 2. The van der Waals surface area contributed by atoms with E-state index < -0.39 is 20.2 Å². The van der Waals surface area contributed by atoms with Crippen LogP contribution in [0.1, 0.15) is 22.3 Å². The third-order valence-electron chi connectivity index (χ3n) is 7.89. The average Bonchev–Trinajstić information content (AvgIpc) is 2.98. The molecule has 0 saturated carbocycles. The molecule has 46 heavy (non-hydrogen) atoms. The fourth-order valence-electron chi connectivity index (χ4n) is 5.74. The third kappa shape index (κ3) is 5.93. The van der Waals surface area contributed by atoms with Gasteiger partial charge in [-0.2, -0.15) is 16.8 Å². The lowest BCUT2D eigenvalue weighted by Crippen LogP contribution is -2.05. The first-order chi connectivity index (χ1) is 21.7. The summed E-state index contributed by atoms with van der Waals surface area (Å²) in [6, 6.07) is 25.8. The summed E-state index contributed by atoms with van der Waals surface area (Å²) in [5.41, 5.74) is 7.41. The van der Waals surface area contributed by atoms with Crippen molar-refractivity contribution in [1.82, 2.24) is 0 Å². The Morgan fingerprint density at radius 2 is 1.35 bits per heavy atom. The molecule has 1 aliphatic heterocycles. The first-order valence-corrected chi connectivity index (χ1v) is 17.1. The maximum atomic E-state index is 12.5. The first-order valence-electron chi connectivity index (χ1n) is 14.2. The molecule has 234 valence electrons. The second-order valence-corrected chi connectivity index (χ2v) is 14.0. The quantitative estimate of drug-likeness (QED) is 0.121. The van der Waals surface area contributed by atoms with Crippen LogP contribution < -0.4 is 10.7 Å². The predicted molar refractivity (Wildman–Crippen MR) is 178 cm³/mol. The molecule has 0 amide bonds. The molecule has 11 heteroatoms. The highest BCUT2D eigenvalue weighted by atomic mass is 32.2. The SMILES string of the molecule is Cc1cc(S(=O)(=O)O)cc(C)c1N=c1ccc2c(-c3ccccc3S(=O)(=O)O)c3ccc(Nc4c(C)cccc4C)cc3oc-2c1. The number of hydrogen-bond acceptors (Lipinski definition) is 7. The zero-order chi connectivity index (χ0) is 33.0. The Balaban J connectivity index is 1.61. The Morgan fingerprint density at radius 1 is 0.674 bits per heavy atom. The number of benzene rings is 5. The Morgan fingerprint density at radius 3 is 2.00 bits per heavy atom. The maximum Gasteiger partial charge on any atom is 0.295 e. The van der Waals surface area contributed by atoms with Crippen molar-refractivity contribution in [3.05, 3.63) is 119 Å². The van der Waals surface area contributed by atoms with E-state index in [1.807, 2.05) is 50.2 Å². The highest BCUT2D eigenvalue weighted by Gasteiger charge is 2.24. The van der Waals surface area contributed by atoms with E-state index in [1.54, 1.807) is 50.2 Å². The van der Waals surface area contributed by atoms with E-state index in [2.05, 4.69) is 5.32 Å². The molecular formula is C35H30N2O7S2. The summed E-state index contributed by atoms with van der Waals surface area (Å²) in [5.74, 6) is 0.406. The Labute approximate surface area is 266 Å². The van der Waals surface area contributed by atoms with Gasteiger partial charge >= 0.3 is 0 Å². The van der Waals surface area contributed by atoms with Crippen LogP contribution in [0, 0.1) is 27.7 Å². The number of nitrogens with zero attached hydrogens (tertiary/aromatic N) is 1. The monoisotopic (exact) mass is 654 g/mol. The first kappa shape index (κ1) is 31.2. The smallest absolute Gasteiger partial charge is 0.295 e. The van der Waals surface area contributed by atoms with Gasteiger partial charge in [0.25, 0.3) is 20.2 Å². The Kier molecular flexibility index (Phi) is 7.81. The van der Waals surface area contributed by atoms with Gasteiger partial charge in [-0.25, -0.2) is 4.99 Å². The van der Waals surface area contributed by atoms with Crippen molar-refractivity contribution in [2.24, 2.45) is 4.99 Å². The molecule has 9 nitrogen and oxygen atoms in total. The molecule has 0 spiro atoms. The van der Waals surface area contributed by atoms with E-state index in [-0.39, 0.29) is 9.79 Å². The summed E-state index contributed by atoms with van der Waals surface area (Å²) < 4.78 is 74.5. The average molecular weight is 655 g/mol. The minimum atomic E-state index is -4.57. The molecule has 0 saturated heterocycles. The van der Waals surface area contributed by atoms with Crippen molar-refractivity contribution < 1.29 is 30.4 Å². The zero-order valence-corrected chi connectivity index (χ0v) is 27.0. The van der Waals surface area contributed by atoms with Gasteiger partial charge in [-0.05, 0) is 92.4 Å². The van der Waals surface area contributed by atoms with Gasteiger partial charge < -0.3 is 9.73 Å². The molecule has 0 bridgehead atoms. The minimum Gasteiger partial charge on any atom is -0.456 e. The van der Waals surface area contributed by atoms with Crippen LogP contribution in [0.15, 0.2) is 110 Å². The van der Waals surface area contributed by atoms with Crippen molar-refractivity contribution in [2.75, 3.05) is 5.32 Å². The normalized spacial score (nSPS) is 12.6. The van der Waals surface area contributed by atoms with E-state index in [1.165, 1.54) is 18.2 Å². The molecule has 6 rings (SSSR count). The fraction of sp³-hybridized carbons (Fsp3) is 0.114. The van der Waals surface area contributed by atoms with E-state index in [0.29, 0.717) is 55.6 Å². The number of aryl methyl sites for hydroxylation is 4. The Bertz CT molecular complexity index is 2410. The van der Waals surface area contributed by atoms with Crippen molar-refractivity contribution in [1.29, 1.82) is 0 Å². The number of rotatable bonds is 6. The lowest BCUT2D eigenvalue weighted by molar-refractivity contribution is 0.481. The van der Waals surface area contributed by atoms with Crippen LogP contribution in [0.4, 0.5) is 17.1 Å². The Hall–Kier alpha value is -4.81. The number of hydrogen-bond donors (Lipinski definition) is 3. The van der Waals surface area contributed by atoms with E-state index in [4.69, 9.17) is 9.41 Å². The second kappa shape index (κ2) is 11.5. The number of para-hydroxylation sites is 1. The van der Waals surface area contributed by atoms with Crippen LogP contribution in [0.5, 0.6) is 0 Å². The maximum absolute atomic E-state index is 12.5. The summed E-state index contributed by atoms with van der Waals surface area (Å²) in [6.07, 6.45) is 0. The molecule has 4 aromatic carbocycles. The summed E-state index contributed by atoms with van der Waals surface area (Å²) in [7, 11) is -8.96. The van der Waals surface area contributed by atoms with Crippen molar-refractivity contribution in [3.63, 3.8) is 0 Å². The third-order valence-corrected chi connectivity index (χ3v) is 9.64. The van der Waals surface area contributed by atoms with Gasteiger partial charge in [0, 0.05) is 45.6 Å². The molecule has 3 N–H and O–H groups in total. The minimum absolute atomic E-state index is 0.214. The van der Waals surface area contributed by atoms with Crippen LogP contribution in [0.25, 0.3) is 33.4 Å². The molecule has 4 aromatic rings. The second-order valence-electron chi connectivity index (χ2n) is 11.2. The van der Waals surface area contributed by atoms with Crippen LogP contribution in [0.3, 0.4) is 0 Å². The van der Waals surface area contributed by atoms with Crippen molar-refractivity contribution in [2.45, 2.75) is 37.5 Å². The van der Waals surface area contributed by atoms with Gasteiger partial charge in [0.2, 0.25) is 0 Å². The molecule has 0 atom stereocenters. The molecule has 1 heterocycles. The van der Waals surface area contributed by atoms with Gasteiger partial charge in [0.05, 0.1) is 15.9 Å².